The normalized spacial score (nSPS) is 36.5. The molecule has 0 amide bonds. The van der Waals surface area contributed by atoms with Crippen molar-refractivity contribution in [2.75, 3.05) is 0 Å². The minimum atomic E-state index is -0.698. The summed E-state index contributed by atoms with van der Waals surface area (Å²) in [6, 6.07) is 7.34. The molecule has 2 saturated heterocycles. The predicted octanol–water partition coefficient (Wildman–Crippen LogP) is 6.01. The van der Waals surface area contributed by atoms with Crippen molar-refractivity contribution < 1.29 is 23.8 Å². The quantitative estimate of drug-likeness (QED) is 0.191. The zero-order valence-electron chi connectivity index (χ0n) is 19.6. The Hall–Kier alpha value is -1.67. The van der Waals surface area contributed by atoms with Gasteiger partial charge >= 0.3 is 11.9 Å². The summed E-state index contributed by atoms with van der Waals surface area (Å²) in [5, 5.41) is 0. The Labute approximate surface area is 210 Å². The summed E-state index contributed by atoms with van der Waals surface area (Å²) in [7, 11) is 0. The standard InChI is InChI=1S/C27H33IO5/c1-16-7-5-9-17(2)23-24-21(18(3)25(29)32-24)15-22(27(4,33-23)14-6-8-16)31-26(30)19-10-12-20(28)13-11-19/h8,10-13,17,21-24H,3,5-7,9,14-15H2,1-2,4H3/b16-8+/t17-,21+,22+,23+,24-,27+/m1/s1. The largest absolute Gasteiger partial charge is 0.456 e. The lowest BCUT2D eigenvalue weighted by molar-refractivity contribution is -0.182. The van der Waals surface area contributed by atoms with E-state index in [-0.39, 0.29) is 29.9 Å². The molecule has 178 valence electrons. The van der Waals surface area contributed by atoms with E-state index in [2.05, 4.69) is 49.1 Å². The minimum absolute atomic E-state index is 0.201. The number of carbonyl (C=O) groups excluding carboxylic acids is 2. The molecule has 2 bridgehead atoms. The van der Waals surface area contributed by atoms with Crippen molar-refractivity contribution in [3.05, 3.63) is 57.2 Å². The van der Waals surface area contributed by atoms with E-state index in [0.29, 0.717) is 17.6 Å². The van der Waals surface area contributed by atoms with Crippen LogP contribution in [0.25, 0.3) is 0 Å². The van der Waals surface area contributed by atoms with Crippen molar-refractivity contribution in [1.82, 2.24) is 0 Å². The summed E-state index contributed by atoms with van der Waals surface area (Å²) in [6.45, 7) is 10.4. The van der Waals surface area contributed by atoms with Crippen LogP contribution in [0.15, 0.2) is 48.1 Å². The lowest BCUT2D eigenvalue weighted by Crippen LogP contribution is -2.48. The van der Waals surface area contributed by atoms with Gasteiger partial charge in [-0.15, -0.1) is 0 Å². The van der Waals surface area contributed by atoms with E-state index in [0.717, 1.165) is 35.7 Å². The third-order valence-electron chi connectivity index (χ3n) is 7.48. The Bertz CT molecular complexity index is 952. The molecule has 33 heavy (non-hydrogen) atoms. The van der Waals surface area contributed by atoms with Crippen LogP contribution in [0.1, 0.15) is 69.7 Å². The molecule has 0 N–H and O–H groups in total. The number of carbonyl (C=O) groups is 2. The van der Waals surface area contributed by atoms with Gasteiger partial charge in [-0.25, -0.2) is 9.59 Å². The molecule has 0 aliphatic carbocycles. The Kier molecular flexibility index (Phi) is 7.34. The molecule has 3 heterocycles. The van der Waals surface area contributed by atoms with Gasteiger partial charge in [-0.1, -0.05) is 25.2 Å². The van der Waals surface area contributed by atoms with Gasteiger partial charge in [0.1, 0.15) is 17.8 Å². The van der Waals surface area contributed by atoms with Gasteiger partial charge in [-0.3, -0.25) is 0 Å². The highest BCUT2D eigenvalue weighted by molar-refractivity contribution is 14.1. The average molecular weight is 564 g/mol. The molecule has 5 nitrogen and oxygen atoms in total. The predicted molar refractivity (Wildman–Crippen MR) is 135 cm³/mol. The number of ether oxygens (including phenoxy) is 3. The molecule has 0 radical (unpaired) electrons. The fourth-order valence-corrected chi connectivity index (χ4v) is 5.69. The lowest BCUT2D eigenvalue weighted by atomic mass is 9.82. The van der Waals surface area contributed by atoms with Gasteiger partial charge in [-0.2, -0.15) is 0 Å². The zero-order valence-corrected chi connectivity index (χ0v) is 21.8. The van der Waals surface area contributed by atoms with Crippen LogP contribution < -0.4 is 0 Å². The van der Waals surface area contributed by atoms with Crippen LogP contribution in [-0.2, 0) is 19.0 Å². The average Bonchev–Trinajstić information content (AvgIpc) is 2.97. The number of esters is 2. The number of hydrogen-bond acceptors (Lipinski definition) is 5. The Morgan fingerprint density at radius 2 is 1.97 bits per heavy atom. The van der Waals surface area contributed by atoms with Gasteiger partial charge < -0.3 is 14.2 Å². The fraction of sp³-hybridized carbons (Fsp3) is 0.556. The number of allylic oxidation sites excluding steroid dienone is 2. The van der Waals surface area contributed by atoms with Crippen LogP contribution >= 0.6 is 22.6 Å². The first-order valence-corrected chi connectivity index (χ1v) is 13.0. The molecular formula is C27H33IO5. The second-order valence-electron chi connectivity index (χ2n) is 9.99. The maximum atomic E-state index is 13.1. The molecule has 0 aromatic heterocycles. The summed E-state index contributed by atoms with van der Waals surface area (Å²) in [5.41, 5.74) is 1.65. The SMILES string of the molecule is C=C1C(=O)O[C@H]2[C@H]3O[C@@](C)(CC/C=C(\C)CCC[C@H]3C)[C@@H](OC(=O)c3ccc(I)cc3)C[C@@H]12. The van der Waals surface area contributed by atoms with Gasteiger partial charge in [0.2, 0.25) is 0 Å². The molecule has 3 aliphatic rings. The number of fused-ring (bicyclic) bond motifs is 4. The van der Waals surface area contributed by atoms with Crippen molar-refractivity contribution in [2.24, 2.45) is 11.8 Å². The highest BCUT2D eigenvalue weighted by Crippen LogP contribution is 2.45. The molecule has 1 aromatic rings. The van der Waals surface area contributed by atoms with E-state index in [1.807, 2.05) is 19.1 Å². The third-order valence-corrected chi connectivity index (χ3v) is 8.20. The van der Waals surface area contributed by atoms with Gasteiger partial charge in [0.15, 0.2) is 0 Å². The third kappa shape index (κ3) is 5.21. The highest BCUT2D eigenvalue weighted by atomic mass is 127. The topological polar surface area (TPSA) is 61.8 Å². The van der Waals surface area contributed by atoms with Gasteiger partial charge in [0, 0.05) is 15.1 Å². The maximum absolute atomic E-state index is 13.1. The van der Waals surface area contributed by atoms with Crippen molar-refractivity contribution in [2.45, 2.75) is 83.2 Å². The van der Waals surface area contributed by atoms with E-state index in [1.165, 1.54) is 5.57 Å². The highest BCUT2D eigenvalue weighted by Gasteiger charge is 2.54. The van der Waals surface area contributed by atoms with Crippen LogP contribution in [-0.4, -0.2) is 35.9 Å². The Balaban J connectivity index is 1.69. The zero-order chi connectivity index (χ0) is 23.8. The van der Waals surface area contributed by atoms with Gasteiger partial charge in [0.05, 0.1) is 11.7 Å². The Morgan fingerprint density at radius 1 is 1.24 bits per heavy atom. The smallest absolute Gasteiger partial charge is 0.338 e. The molecule has 0 unspecified atom stereocenters. The minimum Gasteiger partial charge on any atom is -0.456 e. The summed E-state index contributed by atoms with van der Waals surface area (Å²) in [6.07, 6.45) is 6.24. The van der Waals surface area contributed by atoms with E-state index in [9.17, 15) is 9.59 Å². The fourth-order valence-electron chi connectivity index (χ4n) is 5.33. The second kappa shape index (κ2) is 9.90. The molecule has 6 atom stereocenters. The summed E-state index contributed by atoms with van der Waals surface area (Å²) < 4.78 is 19.8. The number of rotatable bonds is 2. The lowest BCUT2D eigenvalue weighted by Gasteiger charge is -2.39. The molecule has 0 spiro atoms. The van der Waals surface area contributed by atoms with Gasteiger partial charge in [-0.05, 0) is 105 Å². The maximum Gasteiger partial charge on any atom is 0.338 e. The Morgan fingerprint density at radius 3 is 2.70 bits per heavy atom. The number of halogens is 1. The molecule has 4 rings (SSSR count). The first-order chi connectivity index (χ1) is 15.7. The molecular weight excluding hydrogens is 531 g/mol. The summed E-state index contributed by atoms with van der Waals surface area (Å²) >= 11 is 2.21. The number of benzene rings is 1. The van der Waals surface area contributed by atoms with Gasteiger partial charge in [0.25, 0.3) is 0 Å². The van der Waals surface area contributed by atoms with E-state index < -0.39 is 17.8 Å². The summed E-state index contributed by atoms with van der Waals surface area (Å²) in [4.78, 5) is 25.6. The molecule has 6 heteroatoms. The van der Waals surface area contributed by atoms with E-state index in [1.54, 1.807) is 12.1 Å². The van der Waals surface area contributed by atoms with Crippen LogP contribution in [0.3, 0.4) is 0 Å². The monoisotopic (exact) mass is 564 g/mol. The van der Waals surface area contributed by atoms with Crippen molar-refractivity contribution >= 4 is 34.5 Å². The van der Waals surface area contributed by atoms with Crippen molar-refractivity contribution in [3.8, 4) is 0 Å². The summed E-state index contributed by atoms with van der Waals surface area (Å²) in [5.74, 6) is -0.756. The van der Waals surface area contributed by atoms with Crippen molar-refractivity contribution in [3.63, 3.8) is 0 Å². The van der Waals surface area contributed by atoms with E-state index >= 15 is 0 Å². The number of hydrogen-bond donors (Lipinski definition) is 0. The molecule has 2 fully saturated rings. The van der Waals surface area contributed by atoms with Crippen molar-refractivity contribution in [1.29, 1.82) is 0 Å². The first kappa shape index (κ1) is 24.5. The van der Waals surface area contributed by atoms with Crippen LogP contribution in [0.4, 0.5) is 0 Å². The van der Waals surface area contributed by atoms with Crippen LogP contribution in [0.2, 0.25) is 0 Å². The first-order valence-electron chi connectivity index (χ1n) is 11.9. The van der Waals surface area contributed by atoms with E-state index in [4.69, 9.17) is 14.2 Å². The second-order valence-corrected chi connectivity index (χ2v) is 11.2. The van der Waals surface area contributed by atoms with Crippen LogP contribution in [0, 0.1) is 15.4 Å². The molecule has 3 aliphatic heterocycles. The molecule has 0 saturated carbocycles. The van der Waals surface area contributed by atoms with Crippen LogP contribution in [0.5, 0.6) is 0 Å². The molecule has 1 aromatic carbocycles.